The van der Waals surface area contributed by atoms with E-state index in [-0.39, 0.29) is 14.8 Å². The molecule has 2 aromatic rings. The molecule has 0 aliphatic heterocycles. The van der Waals surface area contributed by atoms with Crippen molar-refractivity contribution < 1.29 is 13.3 Å². The monoisotopic (exact) mass is 264 g/mol. The minimum absolute atomic E-state index is 0.0839. The summed E-state index contributed by atoms with van der Waals surface area (Å²) in [6.07, 6.45) is 0.577. The smallest absolute Gasteiger partial charge is 0.339 e. The van der Waals surface area contributed by atoms with Gasteiger partial charge in [0.05, 0.1) is 4.90 Å². The fourth-order valence-corrected chi connectivity index (χ4v) is 2.78. The maximum absolute atomic E-state index is 12.2. The third kappa shape index (κ3) is 2.19. The molecule has 1 aromatic heterocycles. The van der Waals surface area contributed by atoms with Crippen LogP contribution < -0.4 is 4.85 Å². The van der Waals surface area contributed by atoms with E-state index in [0.29, 0.717) is 12.1 Å². The van der Waals surface area contributed by atoms with Gasteiger partial charge < -0.3 is 5.21 Å². The number of nitrogens with zero attached hydrogens (tertiary/aromatic N) is 2. The van der Waals surface area contributed by atoms with E-state index >= 15 is 0 Å². The molecule has 94 valence electrons. The molecular formula is C12H12N2O3S. The Morgan fingerprint density at radius 2 is 1.83 bits per heavy atom. The summed E-state index contributed by atoms with van der Waals surface area (Å²) >= 11 is 0. The molecule has 0 unspecified atom stereocenters. The summed E-state index contributed by atoms with van der Waals surface area (Å²) in [4.78, 5) is 0.252. The maximum atomic E-state index is 12.2. The molecule has 1 aromatic carbocycles. The van der Waals surface area contributed by atoms with Crippen LogP contribution in [0.15, 0.2) is 52.4 Å². The molecule has 0 amide bonds. The Kier molecular flexibility index (Phi) is 3.29. The summed E-state index contributed by atoms with van der Waals surface area (Å²) in [5.41, 5.74) is 0.553. The van der Waals surface area contributed by atoms with E-state index in [1.54, 1.807) is 24.3 Å². The van der Waals surface area contributed by atoms with Gasteiger partial charge in [0.2, 0.25) is 0 Å². The van der Waals surface area contributed by atoms with Crippen LogP contribution in [0.5, 0.6) is 0 Å². The average Bonchev–Trinajstić information content (AvgIpc) is 2.39. The number of aryl methyl sites for hydroxylation is 1. The van der Waals surface area contributed by atoms with Gasteiger partial charge in [0.15, 0.2) is 0 Å². The standard InChI is InChI=1S/C12H12N2O3S/c1-2-10-8-9-12(14(15)13-10)18(16,17)11-6-4-3-5-7-11/h3-9H,2H2,1H3. The van der Waals surface area contributed by atoms with E-state index in [1.807, 2.05) is 6.92 Å². The Balaban J connectivity index is 2.55. The lowest BCUT2D eigenvalue weighted by atomic mass is 10.3. The van der Waals surface area contributed by atoms with Crippen LogP contribution in [0.2, 0.25) is 0 Å². The molecular weight excluding hydrogens is 252 g/mol. The van der Waals surface area contributed by atoms with Gasteiger partial charge in [-0.3, -0.25) is 0 Å². The van der Waals surface area contributed by atoms with Gasteiger partial charge in [-0.1, -0.05) is 25.1 Å². The quantitative estimate of drug-likeness (QED) is 0.615. The van der Waals surface area contributed by atoms with Crippen LogP contribution >= 0.6 is 0 Å². The molecule has 0 radical (unpaired) electrons. The number of benzene rings is 1. The van der Waals surface area contributed by atoms with Crippen molar-refractivity contribution in [3.05, 3.63) is 53.4 Å². The Labute approximate surface area is 105 Å². The second-order valence-corrected chi connectivity index (χ2v) is 5.60. The van der Waals surface area contributed by atoms with Gasteiger partial charge in [-0.25, -0.2) is 8.42 Å². The lowest BCUT2D eigenvalue weighted by Crippen LogP contribution is -2.38. The van der Waals surface area contributed by atoms with Gasteiger partial charge in [-0.15, -0.1) is 0 Å². The zero-order chi connectivity index (χ0) is 13.2. The predicted molar refractivity (Wildman–Crippen MR) is 64.5 cm³/mol. The molecule has 0 bridgehead atoms. The van der Waals surface area contributed by atoms with E-state index in [0.717, 1.165) is 0 Å². The first-order valence-corrected chi connectivity index (χ1v) is 6.94. The zero-order valence-electron chi connectivity index (χ0n) is 9.78. The first kappa shape index (κ1) is 12.5. The fraction of sp³-hybridized carbons (Fsp3) is 0.167. The summed E-state index contributed by atoms with van der Waals surface area (Å²) in [6, 6.07) is 10.7. The molecule has 0 spiro atoms. The topological polar surface area (TPSA) is 74.0 Å². The summed E-state index contributed by atoms with van der Waals surface area (Å²) in [5.74, 6) is 0. The highest BCUT2D eigenvalue weighted by atomic mass is 32.2. The van der Waals surface area contributed by atoms with Crippen molar-refractivity contribution in [3.63, 3.8) is 0 Å². The summed E-state index contributed by atoms with van der Waals surface area (Å²) < 4.78 is 24.4. The fourth-order valence-electron chi connectivity index (χ4n) is 1.53. The van der Waals surface area contributed by atoms with Crippen LogP contribution in [0.1, 0.15) is 12.6 Å². The number of rotatable bonds is 3. The van der Waals surface area contributed by atoms with Crippen molar-refractivity contribution in [1.82, 2.24) is 5.10 Å². The van der Waals surface area contributed by atoms with Gasteiger partial charge in [0, 0.05) is 11.2 Å². The number of hydrogen-bond acceptors (Lipinski definition) is 4. The Hall–Kier alpha value is -1.95. The molecule has 6 heteroatoms. The van der Waals surface area contributed by atoms with Gasteiger partial charge >= 0.3 is 5.03 Å². The largest absolute Gasteiger partial charge is 0.593 e. The molecule has 0 N–H and O–H groups in total. The van der Waals surface area contributed by atoms with Crippen LogP contribution in [0.3, 0.4) is 0 Å². The molecule has 2 rings (SSSR count). The van der Waals surface area contributed by atoms with Gasteiger partial charge in [0.25, 0.3) is 9.84 Å². The third-order valence-corrected chi connectivity index (χ3v) is 4.25. The van der Waals surface area contributed by atoms with Crippen LogP contribution in [0.25, 0.3) is 0 Å². The van der Waals surface area contributed by atoms with Crippen molar-refractivity contribution in [3.8, 4) is 0 Å². The highest BCUT2D eigenvalue weighted by Gasteiger charge is 2.27. The predicted octanol–water partition coefficient (Wildman–Crippen LogP) is 1.11. The van der Waals surface area contributed by atoms with Gasteiger partial charge in [-0.2, -0.15) is 0 Å². The van der Waals surface area contributed by atoms with Crippen LogP contribution in [0.4, 0.5) is 0 Å². The zero-order valence-corrected chi connectivity index (χ0v) is 10.6. The number of sulfone groups is 1. The second kappa shape index (κ2) is 4.73. The van der Waals surface area contributed by atoms with E-state index in [1.165, 1.54) is 18.2 Å². The molecule has 1 heterocycles. The van der Waals surface area contributed by atoms with Crippen LogP contribution in [-0.4, -0.2) is 13.5 Å². The van der Waals surface area contributed by atoms with Crippen molar-refractivity contribution >= 4 is 9.84 Å². The molecule has 0 aliphatic rings. The first-order chi connectivity index (χ1) is 8.55. The maximum Gasteiger partial charge on any atom is 0.339 e. The molecule has 0 atom stereocenters. The van der Waals surface area contributed by atoms with Gasteiger partial charge in [0.1, 0.15) is 5.69 Å². The molecule has 0 fully saturated rings. The number of hydrogen-bond donors (Lipinski definition) is 0. The molecule has 5 nitrogen and oxygen atoms in total. The average molecular weight is 264 g/mol. The lowest BCUT2D eigenvalue weighted by Gasteiger charge is -2.04. The van der Waals surface area contributed by atoms with Crippen molar-refractivity contribution in [2.24, 2.45) is 0 Å². The molecule has 0 aliphatic carbocycles. The Bertz CT molecular complexity index is 654. The SMILES string of the molecule is CCc1ccc(S(=O)(=O)c2ccccc2)[n+]([O-])n1. The second-order valence-electron chi connectivity index (χ2n) is 3.71. The van der Waals surface area contributed by atoms with Crippen LogP contribution in [0, 0.1) is 5.21 Å². The van der Waals surface area contributed by atoms with Gasteiger partial charge in [-0.05, 0) is 29.5 Å². The Morgan fingerprint density at radius 1 is 1.17 bits per heavy atom. The van der Waals surface area contributed by atoms with E-state index in [4.69, 9.17) is 0 Å². The number of aromatic nitrogens is 2. The lowest BCUT2D eigenvalue weighted by molar-refractivity contribution is -0.708. The molecule has 18 heavy (non-hydrogen) atoms. The molecule has 0 saturated heterocycles. The minimum Gasteiger partial charge on any atom is -0.593 e. The van der Waals surface area contributed by atoms with Crippen molar-refractivity contribution in [2.75, 3.05) is 0 Å². The normalized spacial score (nSPS) is 11.4. The highest BCUT2D eigenvalue weighted by molar-refractivity contribution is 7.91. The first-order valence-electron chi connectivity index (χ1n) is 5.45. The van der Waals surface area contributed by atoms with Crippen molar-refractivity contribution in [2.45, 2.75) is 23.3 Å². The van der Waals surface area contributed by atoms with Crippen molar-refractivity contribution in [1.29, 1.82) is 0 Å². The highest BCUT2D eigenvalue weighted by Crippen LogP contribution is 2.16. The van der Waals surface area contributed by atoms with E-state index < -0.39 is 9.84 Å². The third-order valence-electron chi connectivity index (χ3n) is 2.52. The summed E-state index contributed by atoms with van der Waals surface area (Å²) in [7, 11) is -3.81. The minimum atomic E-state index is -3.81. The van der Waals surface area contributed by atoms with E-state index in [2.05, 4.69) is 5.10 Å². The Morgan fingerprint density at radius 3 is 2.39 bits per heavy atom. The summed E-state index contributed by atoms with van der Waals surface area (Å²) in [6.45, 7) is 1.84. The van der Waals surface area contributed by atoms with Crippen LogP contribution in [-0.2, 0) is 16.3 Å². The summed E-state index contributed by atoms with van der Waals surface area (Å²) in [5, 5.41) is 15.0. The van der Waals surface area contributed by atoms with E-state index in [9.17, 15) is 13.6 Å². The molecule has 0 saturated carbocycles.